The first-order chi connectivity index (χ1) is 14.6. The van der Waals surface area contributed by atoms with E-state index in [0.29, 0.717) is 29.0 Å². The van der Waals surface area contributed by atoms with Gasteiger partial charge < -0.3 is 9.84 Å². The maximum atomic E-state index is 12.8. The third kappa shape index (κ3) is 3.00. The average Bonchev–Trinajstić information content (AvgIpc) is 3.04. The predicted molar refractivity (Wildman–Crippen MR) is 112 cm³/mol. The molecule has 0 spiro atoms. The van der Waals surface area contributed by atoms with Crippen LogP contribution in [0.15, 0.2) is 78.9 Å². The Morgan fingerprint density at radius 1 is 0.867 bits per heavy atom. The van der Waals surface area contributed by atoms with Crippen LogP contribution in [-0.4, -0.2) is 27.9 Å². The number of benzene rings is 3. The highest BCUT2D eigenvalue weighted by Gasteiger charge is 2.42. The van der Waals surface area contributed by atoms with Crippen molar-refractivity contribution in [2.75, 3.05) is 0 Å². The highest BCUT2D eigenvalue weighted by atomic mass is 16.5. The van der Waals surface area contributed by atoms with Crippen LogP contribution < -0.4 is 4.74 Å². The zero-order valence-corrected chi connectivity index (χ0v) is 16.1. The van der Waals surface area contributed by atoms with Crippen molar-refractivity contribution in [3.05, 3.63) is 107 Å². The van der Waals surface area contributed by atoms with Gasteiger partial charge in [-0.25, -0.2) is 0 Å². The van der Waals surface area contributed by atoms with Crippen LogP contribution in [0.5, 0.6) is 5.75 Å². The minimum Gasteiger partial charge on any atom is -0.489 e. The molecule has 1 N–H and O–H groups in total. The fourth-order valence-electron chi connectivity index (χ4n) is 3.99. The molecule has 1 aliphatic carbocycles. The normalized spacial score (nSPS) is 19.6. The molecule has 2 amide bonds. The van der Waals surface area contributed by atoms with E-state index in [1.165, 1.54) is 0 Å². The molecule has 0 fully saturated rings. The van der Waals surface area contributed by atoms with Crippen molar-refractivity contribution < 1.29 is 19.4 Å². The van der Waals surface area contributed by atoms with E-state index in [-0.39, 0.29) is 11.8 Å². The number of carbonyl (C=O) groups is 2. The number of carbonyl (C=O) groups excluding carboxylic acids is 2. The van der Waals surface area contributed by atoms with Crippen LogP contribution in [-0.2, 0) is 6.61 Å². The van der Waals surface area contributed by atoms with Gasteiger partial charge in [-0.2, -0.15) is 0 Å². The van der Waals surface area contributed by atoms with Crippen molar-refractivity contribution >= 4 is 17.9 Å². The molecule has 0 saturated heterocycles. The number of imide groups is 1. The van der Waals surface area contributed by atoms with Gasteiger partial charge in [0, 0.05) is 0 Å². The van der Waals surface area contributed by atoms with Crippen LogP contribution in [0.25, 0.3) is 6.08 Å². The summed E-state index contributed by atoms with van der Waals surface area (Å²) in [5.41, 5.74) is 3.28. The number of fused-ring (bicyclic) bond motifs is 2. The van der Waals surface area contributed by atoms with E-state index < -0.39 is 12.1 Å². The smallest absolute Gasteiger partial charge is 0.262 e. The molecule has 0 aromatic heterocycles. The van der Waals surface area contributed by atoms with Crippen LogP contribution in [0.3, 0.4) is 0 Å². The summed E-state index contributed by atoms with van der Waals surface area (Å²) in [5.74, 6) is -0.0697. The maximum absolute atomic E-state index is 12.8. The highest BCUT2D eigenvalue weighted by Crippen LogP contribution is 2.36. The topological polar surface area (TPSA) is 66.8 Å². The van der Waals surface area contributed by atoms with Gasteiger partial charge in [-0.05, 0) is 41.0 Å². The molecule has 5 rings (SSSR count). The summed E-state index contributed by atoms with van der Waals surface area (Å²) in [6, 6.07) is 21.3. The second-order valence-corrected chi connectivity index (χ2v) is 7.39. The number of ether oxygens (including phenoxy) is 1. The molecule has 2 unspecified atom stereocenters. The van der Waals surface area contributed by atoms with Gasteiger partial charge >= 0.3 is 0 Å². The molecule has 1 aliphatic heterocycles. The van der Waals surface area contributed by atoms with Crippen molar-refractivity contribution in [3.8, 4) is 5.75 Å². The van der Waals surface area contributed by atoms with E-state index in [1.807, 2.05) is 42.5 Å². The van der Waals surface area contributed by atoms with E-state index in [9.17, 15) is 14.7 Å². The Labute approximate surface area is 173 Å². The summed E-state index contributed by atoms with van der Waals surface area (Å²) in [6.07, 6.45) is 2.52. The number of aliphatic hydroxyl groups is 1. The van der Waals surface area contributed by atoms with Gasteiger partial charge in [0.05, 0.1) is 17.2 Å². The SMILES string of the molecule is O=C1c2ccccc2C(=O)N1C1C=Cc2cc(OCc3ccccc3)ccc2C1O. The molecule has 1 heterocycles. The molecule has 3 aromatic rings. The molecule has 0 bridgehead atoms. The van der Waals surface area contributed by atoms with Gasteiger partial charge in [0.2, 0.25) is 0 Å². The quantitative estimate of drug-likeness (QED) is 0.676. The fraction of sp³-hybridized carbons (Fsp3) is 0.120. The monoisotopic (exact) mass is 397 g/mol. The predicted octanol–water partition coefficient (Wildman–Crippen LogP) is 3.99. The summed E-state index contributed by atoms with van der Waals surface area (Å²) < 4.78 is 5.86. The molecule has 2 atom stereocenters. The van der Waals surface area contributed by atoms with E-state index in [2.05, 4.69) is 0 Å². The number of hydrogen-bond acceptors (Lipinski definition) is 4. The Hall–Kier alpha value is -3.70. The molecule has 5 nitrogen and oxygen atoms in total. The van der Waals surface area contributed by atoms with Crippen LogP contribution in [0.2, 0.25) is 0 Å². The minimum absolute atomic E-state index is 0.374. The Balaban J connectivity index is 1.38. The average molecular weight is 397 g/mol. The fourth-order valence-corrected chi connectivity index (χ4v) is 3.99. The van der Waals surface area contributed by atoms with Crippen molar-refractivity contribution in [2.45, 2.75) is 18.8 Å². The standard InChI is InChI=1S/C25H19NO4/c27-23-19-12-11-18(30-15-16-6-2-1-3-7-16)14-17(19)10-13-22(23)26-24(28)20-8-4-5-9-21(20)25(26)29/h1-14,22-23,27H,15H2. The van der Waals surface area contributed by atoms with Crippen molar-refractivity contribution in [2.24, 2.45) is 0 Å². The third-order valence-electron chi connectivity index (χ3n) is 5.55. The second kappa shape index (κ2) is 7.28. The van der Waals surface area contributed by atoms with Gasteiger partial charge in [0.1, 0.15) is 18.5 Å². The number of rotatable bonds is 4. The van der Waals surface area contributed by atoms with E-state index in [4.69, 9.17) is 4.74 Å². The molecule has 148 valence electrons. The molecule has 0 saturated carbocycles. The van der Waals surface area contributed by atoms with Crippen LogP contribution in [0.4, 0.5) is 0 Å². The first-order valence-electron chi connectivity index (χ1n) is 9.77. The van der Waals surface area contributed by atoms with Crippen LogP contribution in [0, 0.1) is 0 Å². The summed E-state index contributed by atoms with van der Waals surface area (Å²) in [7, 11) is 0. The Kier molecular flexibility index (Phi) is 4.45. The molecule has 0 radical (unpaired) electrons. The minimum atomic E-state index is -1.00. The van der Waals surface area contributed by atoms with Crippen molar-refractivity contribution in [3.63, 3.8) is 0 Å². The zero-order chi connectivity index (χ0) is 20.7. The van der Waals surface area contributed by atoms with E-state index in [1.54, 1.807) is 42.5 Å². The van der Waals surface area contributed by atoms with Gasteiger partial charge in [0.15, 0.2) is 0 Å². The number of nitrogens with zero attached hydrogens (tertiary/aromatic N) is 1. The van der Waals surface area contributed by atoms with E-state index >= 15 is 0 Å². The summed E-state index contributed by atoms with van der Waals surface area (Å²) in [4.78, 5) is 26.7. The van der Waals surface area contributed by atoms with Crippen LogP contribution in [0.1, 0.15) is 43.5 Å². The van der Waals surface area contributed by atoms with Crippen molar-refractivity contribution in [1.29, 1.82) is 0 Å². The molecular formula is C25H19NO4. The largest absolute Gasteiger partial charge is 0.489 e. The zero-order valence-electron chi connectivity index (χ0n) is 16.1. The molecular weight excluding hydrogens is 378 g/mol. The molecule has 5 heteroatoms. The summed E-state index contributed by atoms with van der Waals surface area (Å²) in [5, 5.41) is 11.0. The van der Waals surface area contributed by atoms with E-state index in [0.717, 1.165) is 16.0 Å². The Bertz CT molecular complexity index is 1130. The van der Waals surface area contributed by atoms with Gasteiger partial charge in [-0.1, -0.05) is 60.7 Å². The molecule has 2 aliphatic rings. The second-order valence-electron chi connectivity index (χ2n) is 7.39. The lowest BCUT2D eigenvalue weighted by Gasteiger charge is -2.31. The number of aliphatic hydroxyl groups excluding tert-OH is 1. The van der Waals surface area contributed by atoms with Gasteiger partial charge in [-0.3, -0.25) is 14.5 Å². The Morgan fingerprint density at radius 2 is 1.53 bits per heavy atom. The lowest BCUT2D eigenvalue weighted by atomic mass is 9.90. The Morgan fingerprint density at radius 3 is 2.23 bits per heavy atom. The number of hydrogen-bond donors (Lipinski definition) is 1. The van der Waals surface area contributed by atoms with Gasteiger partial charge in [-0.15, -0.1) is 0 Å². The molecule has 3 aromatic carbocycles. The lowest BCUT2D eigenvalue weighted by molar-refractivity contribution is 0.0426. The van der Waals surface area contributed by atoms with Crippen molar-refractivity contribution in [1.82, 2.24) is 4.90 Å². The maximum Gasteiger partial charge on any atom is 0.262 e. The summed E-state index contributed by atoms with van der Waals surface area (Å²) in [6.45, 7) is 0.448. The highest BCUT2D eigenvalue weighted by molar-refractivity contribution is 6.21. The number of amides is 2. The van der Waals surface area contributed by atoms with Crippen LogP contribution >= 0.6 is 0 Å². The first-order valence-corrected chi connectivity index (χ1v) is 9.77. The molecule has 30 heavy (non-hydrogen) atoms. The first kappa shape index (κ1) is 18.3. The third-order valence-corrected chi connectivity index (χ3v) is 5.55. The lowest BCUT2D eigenvalue weighted by Crippen LogP contribution is -2.43. The van der Waals surface area contributed by atoms with Gasteiger partial charge in [0.25, 0.3) is 11.8 Å². The summed E-state index contributed by atoms with van der Waals surface area (Å²) >= 11 is 0.